The van der Waals surface area contributed by atoms with E-state index in [9.17, 15) is 9.18 Å². The Labute approximate surface area is 261 Å². The number of methoxy groups -OCH3 is 1. The van der Waals surface area contributed by atoms with Crippen LogP contribution in [0.1, 0.15) is 53.5 Å². The summed E-state index contributed by atoms with van der Waals surface area (Å²) in [5.74, 6) is 0.833. The van der Waals surface area contributed by atoms with Crippen molar-refractivity contribution in [1.29, 1.82) is 0 Å². The van der Waals surface area contributed by atoms with Gasteiger partial charge in [0, 0.05) is 50.9 Å². The zero-order valence-corrected chi connectivity index (χ0v) is 26.5. The number of fused-ring (bicyclic) bond motifs is 2. The van der Waals surface area contributed by atoms with E-state index in [1.165, 1.54) is 11.1 Å². The maximum Gasteiger partial charge on any atom is 0.252 e. The van der Waals surface area contributed by atoms with Gasteiger partial charge in [-0.25, -0.2) is 4.39 Å². The number of amides is 1. The van der Waals surface area contributed by atoms with Crippen LogP contribution in [0.2, 0.25) is 0 Å². The van der Waals surface area contributed by atoms with E-state index < -0.39 is 0 Å². The lowest BCUT2D eigenvalue weighted by Gasteiger charge is -2.41. The molecule has 1 amide bonds. The molecule has 1 aliphatic carbocycles. The van der Waals surface area contributed by atoms with Gasteiger partial charge in [-0.2, -0.15) is 0 Å². The quantitative estimate of drug-likeness (QED) is 0.293. The highest BCUT2D eigenvalue weighted by Crippen LogP contribution is 2.37. The van der Waals surface area contributed by atoms with Gasteiger partial charge in [-0.1, -0.05) is 42.5 Å². The van der Waals surface area contributed by atoms with Crippen molar-refractivity contribution in [2.45, 2.75) is 70.6 Å². The number of nitrogens with one attached hydrogen (secondary N) is 2. The first kappa shape index (κ1) is 30.4. The van der Waals surface area contributed by atoms with E-state index in [2.05, 4.69) is 52.8 Å². The number of hydrogen-bond donors (Lipinski definition) is 2. The number of piperazine rings is 1. The highest BCUT2D eigenvalue weighted by molar-refractivity contribution is 6.03. The van der Waals surface area contributed by atoms with Gasteiger partial charge < -0.3 is 25.2 Å². The molecule has 6 nitrogen and oxygen atoms in total. The Bertz CT molecular complexity index is 1530. The van der Waals surface area contributed by atoms with Crippen molar-refractivity contribution in [1.82, 2.24) is 15.5 Å². The second-order valence-electron chi connectivity index (χ2n) is 12.8. The number of carbonyl (C=O) groups excluding carboxylic acids is 1. The van der Waals surface area contributed by atoms with Crippen LogP contribution in [0.25, 0.3) is 5.57 Å². The van der Waals surface area contributed by atoms with E-state index in [0.717, 1.165) is 85.3 Å². The van der Waals surface area contributed by atoms with Gasteiger partial charge in [-0.05, 0) is 97.5 Å². The second-order valence-corrected chi connectivity index (χ2v) is 12.8. The Balaban J connectivity index is 1.21. The monoisotopic (exact) mass is 596 g/mol. The molecular formula is C37H45FN4O2. The van der Waals surface area contributed by atoms with Crippen LogP contribution in [0.3, 0.4) is 0 Å². The van der Waals surface area contributed by atoms with Gasteiger partial charge in [0.15, 0.2) is 0 Å². The molecule has 3 aliphatic rings. The molecule has 2 fully saturated rings. The lowest BCUT2D eigenvalue weighted by atomic mass is 9.83. The maximum absolute atomic E-state index is 14.5. The summed E-state index contributed by atoms with van der Waals surface area (Å²) in [5.41, 5.74) is 8.42. The first-order valence-corrected chi connectivity index (χ1v) is 16.0. The fraction of sp³-hybridized carbons (Fsp3) is 0.432. The third-order valence-corrected chi connectivity index (χ3v) is 9.51. The Hall–Kier alpha value is -3.68. The molecule has 3 aromatic carbocycles. The zero-order chi connectivity index (χ0) is 30.8. The van der Waals surface area contributed by atoms with Crippen LogP contribution in [0.5, 0.6) is 5.75 Å². The number of hydrogen-bond acceptors (Lipinski definition) is 5. The Kier molecular flexibility index (Phi) is 9.06. The molecule has 1 saturated carbocycles. The molecule has 44 heavy (non-hydrogen) atoms. The normalized spacial score (nSPS) is 19.6. The lowest BCUT2D eigenvalue weighted by molar-refractivity contribution is -0.128. The number of rotatable bonds is 11. The van der Waals surface area contributed by atoms with E-state index >= 15 is 0 Å². The molecule has 6 rings (SSSR count). The van der Waals surface area contributed by atoms with Crippen LogP contribution in [0, 0.1) is 19.7 Å². The van der Waals surface area contributed by atoms with Crippen molar-refractivity contribution in [3.63, 3.8) is 0 Å². The number of halogens is 1. The van der Waals surface area contributed by atoms with Gasteiger partial charge in [0.05, 0.1) is 18.8 Å². The van der Waals surface area contributed by atoms with Gasteiger partial charge in [0.1, 0.15) is 11.6 Å². The molecule has 0 aromatic heterocycles. The Morgan fingerprint density at radius 1 is 1.05 bits per heavy atom. The summed E-state index contributed by atoms with van der Waals surface area (Å²) in [6.45, 7) is 7.09. The standard InChI is InChI=1S/C37H45FN4O2/c1-24-10-17-32(38)34(19-24)41(3)18-6-7-26-11-13-27(14-12-26)31-20-29-21-39-22-33(40-29)36(31)37(43)42(30-15-16-30)23-28-8-5-9-35(44-4)25(28)2/h5,8-14,17,19,29-30,33,39-40H,6-7,15-16,18,20-23H2,1-4H3/t29-,33+/m0/s1. The number of ether oxygens (including phenoxy) is 1. The molecule has 0 radical (unpaired) electrons. The smallest absolute Gasteiger partial charge is 0.252 e. The molecule has 3 aromatic rings. The molecule has 7 heteroatoms. The van der Waals surface area contributed by atoms with Gasteiger partial charge in [-0.15, -0.1) is 0 Å². The fourth-order valence-corrected chi connectivity index (χ4v) is 6.81. The van der Waals surface area contributed by atoms with E-state index in [0.29, 0.717) is 18.3 Å². The highest BCUT2D eigenvalue weighted by Gasteiger charge is 2.41. The molecule has 2 N–H and O–H groups in total. The van der Waals surface area contributed by atoms with Crippen LogP contribution in [-0.2, 0) is 17.8 Å². The first-order chi connectivity index (χ1) is 21.3. The minimum Gasteiger partial charge on any atom is -0.496 e. The van der Waals surface area contributed by atoms with Crippen molar-refractivity contribution in [3.8, 4) is 5.75 Å². The summed E-state index contributed by atoms with van der Waals surface area (Å²) in [6.07, 6.45) is 4.77. The summed E-state index contributed by atoms with van der Waals surface area (Å²) in [6, 6.07) is 20.7. The molecule has 1 saturated heterocycles. The summed E-state index contributed by atoms with van der Waals surface area (Å²) >= 11 is 0. The number of benzene rings is 3. The summed E-state index contributed by atoms with van der Waals surface area (Å²) in [4.78, 5) is 18.6. The molecule has 232 valence electrons. The molecule has 2 heterocycles. The van der Waals surface area contributed by atoms with Crippen molar-refractivity contribution >= 4 is 17.2 Å². The Morgan fingerprint density at radius 3 is 2.59 bits per heavy atom. The zero-order valence-electron chi connectivity index (χ0n) is 26.5. The molecule has 2 atom stereocenters. The highest BCUT2D eigenvalue weighted by atomic mass is 19.1. The van der Waals surface area contributed by atoms with E-state index in [1.807, 2.05) is 37.1 Å². The Morgan fingerprint density at radius 2 is 1.84 bits per heavy atom. The van der Waals surface area contributed by atoms with Gasteiger partial charge >= 0.3 is 0 Å². The third kappa shape index (κ3) is 6.54. The van der Waals surface area contributed by atoms with Gasteiger partial charge in [0.25, 0.3) is 5.91 Å². The van der Waals surface area contributed by atoms with Gasteiger partial charge in [-0.3, -0.25) is 4.79 Å². The summed E-state index contributed by atoms with van der Waals surface area (Å²) in [7, 11) is 3.65. The largest absolute Gasteiger partial charge is 0.496 e. The minimum absolute atomic E-state index is 0.00473. The SMILES string of the molecule is COc1cccc(CN(C(=O)C2=C(c3ccc(CCCN(C)c4cc(C)ccc4F)cc3)C[C@H]3CNC[C@H]2N3)C2CC2)c1C. The van der Waals surface area contributed by atoms with Crippen LogP contribution >= 0.6 is 0 Å². The van der Waals surface area contributed by atoms with E-state index in [-0.39, 0.29) is 23.8 Å². The predicted molar refractivity (Wildman–Crippen MR) is 176 cm³/mol. The van der Waals surface area contributed by atoms with Crippen molar-refractivity contribution in [2.75, 3.05) is 38.7 Å². The lowest BCUT2D eigenvalue weighted by Crippen LogP contribution is -2.60. The third-order valence-electron chi connectivity index (χ3n) is 9.51. The first-order valence-electron chi connectivity index (χ1n) is 16.0. The topological polar surface area (TPSA) is 56.8 Å². The van der Waals surface area contributed by atoms with E-state index in [4.69, 9.17) is 4.74 Å². The molecule has 0 spiro atoms. The molecule has 0 unspecified atom stereocenters. The summed E-state index contributed by atoms with van der Waals surface area (Å²) < 4.78 is 19.9. The number of anilines is 1. The molecule has 2 aliphatic heterocycles. The molecular weight excluding hydrogens is 551 g/mol. The second kappa shape index (κ2) is 13.1. The predicted octanol–water partition coefficient (Wildman–Crippen LogP) is 5.80. The van der Waals surface area contributed by atoms with Crippen LogP contribution in [0.15, 0.2) is 66.2 Å². The van der Waals surface area contributed by atoms with Crippen LogP contribution in [-0.4, -0.2) is 62.7 Å². The van der Waals surface area contributed by atoms with Crippen molar-refractivity contribution < 1.29 is 13.9 Å². The van der Waals surface area contributed by atoms with Crippen molar-refractivity contribution in [2.24, 2.45) is 0 Å². The molecule has 2 bridgehead atoms. The van der Waals surface area contributed by atoms with Gasteiger partial charge in [0.2, 0.25) is 0 Å². The number of carbonyl (C=O) groups is 1. The number of nitrogens with zero attached hydrogens (tertiary/aromatic N) is 2. The van der Waals surface area contributed by atoms with E-state index in [1.54, 1.807) is 19.2 Å². The fourth-order valence-electron chi connectivity index (χ4n) is 6.81. The number of aryl methyl sites for hydroxylation is 2. The van der Waals surface area contributed by atoms with Crippen LogP contribution < -0.4 is 20.3 Å². The average molecular weight is 597 g/mol. The van der Waals surface area contributed by atoms with Crippen molar-refractivity contribution in [3.05, 3.63) is 99.9 Å². The maximum atomic E-state index is 14.5. The summed E-state index contributed by atoms with van der Waals surface area (Å²) in [5, 5.41) is 7.29. The van der Waals surface area contributed by atoms with Crippen LogP contribution in [0.4, 0.5) is 10.1 Å². The average Bonchev–Trinajstić information content (AvgIpc) is 3.87. The minimum atomic E-state index is -0.179.